The zero-order chi connectivity index (χ0) is 10.7. The lowest BCUT2D eigenvalue weighted by atomic mass is 10.00. The summed E-state index contributed by atoms with van der Waals surface area (Å²) in [5.74, 6) is 4.75. The Hall–Kier alpha value is -1.55. The summed E-state index contributed by atoms with van der Waals surface area (Å²) in [5.41, 5.74) is 3.18. The molecule has 0 heterocycles. The van der Waals surface area contributed by atoms with E-state index in [9.17, 15) is 9.90 Å². The molecule has 0 aliphatic rings. The van der Waals surface area contributed by atoms with Gasteiger partial charge in [0.2, 0.25) is 0 Å². The molecule has 0 bridgehead atoms. The van der Waals surface area contributed by atoms with Crippen LogP contribution in [0, 0.1) is 0 Å². The van der Waals surface area contributed by atoms with E-state index in [1.165, 1.54) is 6.07 Å². The predicted octanol–water partition coefficient (Wildman–Crippen LogP) is 1.12. The number of nitrogens with one attached hydrogen (secondary N) is 1. The number of phenolic OH excluding ortho intramolecular Hbond substituents is 1. The van der Waals surface area contributed by atoms with Gasteiger partial charge in [-0.1, -0.05) is 19.9 Å². The maximum absolute atomic E-state index is 11.2. The first-order valence-corrected chi connectivity index (χ1v) is 4.40. The summed E-state index contributed by atoms with van der Waals surface area (Å²) >= 11 is 0. The fourth-order valence-electron chi connectivity index (χ4n) is 1.17. The summed E-state index contributed by atoms with van der Waals surface area (Å²) in [6, 6.07) is 4.93. The van der Waals surface area contributed by atoms with Crippen LogP contribution in [0.2, 0.25) is 0 Å². The molecule has 0 fully saturated rings. The number of hydrazine groups is 1. The van der Waals surface area contributed by atoms with Crippen LogP contribution >= 0.6 is 0 Å². The summed E-state index contributed by atoms with van der Waals surface area (Å²) in [7, 11) is 0. The number of hydrogen-bond acceptors (Lipinski definition) is 3. The first-order chi connectivity index (χ1) is 6.56. The van der Waals surface area contributed by atoms with Crippen LogP contribution in [0.3, 0.4) is 0 Å². The van der Waals surface area contributed by atoms with Crippen LogP contribution in [0.15, 0.2) is 18.2 Å². The zero-order valence-electron chi connectivity index (χ0n) is 8.24. The largest absolute Gasteiger partial charge is 0.507 e. The Kier molecular flexibility index (Phi) is 3.09. The minimum atomic E-state index is -0.481. The number of amides is 1. The molecule has 76 valence electrons. The molecule has 0 atom stereocenters. The van der Waals surface area contributed by atoms with E-state index in [2.05, 4.69) is 0 Å². The lowest BCUT2D eigenvalue weighted by molar-refractivity contribution is 0.0951. The second-order valence-corrected chi connectivity index (χ2v) is 3.40. The minimum Gasteiger partial charge on any atom is -0.507 e. The first kappa shape index (κ1) is 10.5. The highest BCUT2D eigenvalue weighted by Crippen LogP contribution is 2.22. The van der Waals surface area contributed by atoms with Crippen molar-refractivity contribution in [1.29, 1.82) is 0 Å². The molecular formula is C10H14N2O2. The number of nitrogen functional groups attached to an aromatic ring is 1. The van der Waals surface area contributed by atoms with E-state index in [-0.39, 0.29) is 11.3 Å². The Labute approximate surface area is 82.7 Å². The van der Waals surface area contributed by atoms with E-state index in [0.717, 1.165) is 5.56 Å². The average molecular weight is 194 g/mol. The molecule has 1 aromatic carbocycles. The van der Waals surface area contributed by atoms with E-state index < -0.39 is 5.91 Å². The van der Waals surface area contributed by atoms with E-state index in [4.69, 9.17) is 5.84 Å². The summed E-state index contributed by atoms with van der Waals surface area (Å²) in [5, 5.41) is 9.40. The van der Waals surface area contributed by atoms with Crippen molar-refractivity contribution in [3.63, 3.8) is 0 Å². The lowest BCUT2D eigenvalue weighted by Crippen LogP contribution is -2.30. The Morgan fingerprint density at radius 1 is 1.50 bits per heavy atom. The van der Waals surface area contributed by atoms with Gasteiger partial charge in [-0.2, -0.15) is 0 Å². The minimum absolute atomic E-state index is 0.0580. The van der Waals surface area contributed by atoms with Gasteiger partial charge >= 0.3 is 0 Å². The second kappa shape index (κ2) is 4.11. The fourth-order valence-corrected chi connectivity index (χ4v) is 1.17. The highest BCUT2D eigenvalue weighted by Gasteiger charge is 2.11. The standard InChI is InChI=1S/C10H14N2O2/c1-6(2)7-3-4-9(13)8(5-7)10(14)12-11/h3-6,13H,11H2,1-2H3,(H,12,14). The second-order valence-electron chi connectivity index (χ2n) is 3.40. The molecule has 0 saturated heterocycles. The fraction of sp³-hybridized carbons (Fsp3) is 0.300. The van der Waals surface area contributed by atoms with E-state index in [1.807, 2.05) is 19.3 Å². The number of rotatable bonds is 2. The van der Waals surface area contributed by atoms with Gasteiger partial charge < -0.3 is 5.11 Å². The van der Waals surface area contributed by atoms with Gasteiger partial charge in [0.1, 0.15) is 5.75 Å². The Bertz CT molecular complexity index is 348. The van der Waals surface area contributed by atoms with Gasteiger partial charge in [0.05, 0.1) is 5.56 Å². The number of aromatic hydroxyl groups is 1. The van der Waals surface area contributed by atoms with Crippen molar-refractivity contribution >= 4 is 5.91 Å². The molecule has 4 nitrogen and oxygen atoms in total. The molecule has 4 N–H and O–H groups in total. The topological polar surface area (TPSA) is 75.3 Å². The Morgan fingerprint density at radius 3 is 2.64 bits per heavy atom. The summed E-state index contributed by atoms with van der Waals surface area (Å²) < 4.78 is 0. The molecule has 0 aliphatic carbocycles. The van der Waals surface area contributed by atoms with Crippen molar-refractivity contribution in [1.82, 2.24) is 5.43 Å². The van der Waals surface area contributed by atoms with E-state index in [0.29, 0.717) is 5.92 Å². The summed E-state index contributed by atoms with van der Waals surface area (Å²) in [6.45, 7) is 4.02. The molecule has 0 unspecified atom stereocenters. The van der Waals surface area contributed by atoms with Crippen LogP contribution in [-0.4, -0.2) is 11.0 Å². The van der Waals surface area contributed by atoms with Gasteiger partial charge in [-0.25, -0.2) is 5.84 Å². The van der Waals surface area contributed by atoms with Crippen LogP contribution in [0.25, 0.3) is 0 Å². The third kappa shape index (κ3) is 2.03. The van der Waals surface area contributed by atoms with Crippen molar-refractivity contribution in [2.75, 3.05) is 0 Å². The highest BCUT2D eigenvalue weighted by atomic mass is 16.3. The highest BCUT2D eigenvalue weighted by molar-refractivity contribution is 5.96. The SMILES string of the molecule is CC(C)c1ccc(O)c(C(=O)NN)c1. The number of hydrogen-bond donors (Lipinski definition) is 3. The number of carbonyl (C=O) groups excluding carboxylic acids is 1. The normalized spacial score (nSPS) is 10.3. The summed E-state index contributed by atoms with van der Waals surface area (Å²) in [6.07, 6.45) is 0. The molecule has 1 amide bonds. The first-order valence-electron chi connectivity index (χ1n) is 4.40. The van der Waals surface area contributed by atoms with Crippen molar-refractivity contribution in [3.8, 4) is 5.75 Å². The van der Waals surface area contributed by atoms with Crippen molar-refractivity contribution in [2.45, 2.75) is 19.8 Å². The molecule has 0 aromatic heterocycles. The van der Waals surface area contributed by atoms with Crippen LogP contribution in [0.4, 0.5) is 0 Å². The smallest absolute Gasteiger partial charge is 0.268 e. The quantitative estimate of drug-likeness (QED) is 0.375. The van der Waals surface area contributed by atoms with Gasteiger partial charge in [-0.15, -0.1) is 0 Å². The van der Waals surface area contributed by atoms with Gasteiger partial charge in [0.15, 0.2) is 0 Å². The molecular weight excluding hydrogens is 180 g/mol. The van der Waals surface area contributed by atoms with Crippen molar-refractivity contribution < 1.29 is 9.90 Å². The van der Waals surface area contributed by atoms with E-state index in [1.54, 1.807) is 12.1 Å². The molecule has 0 radical (unpaired) electrons. The molecule has 0 saturated carbocycles. The molecule has 0 spiro atoms. The molecule has 1 rings (SSSR count). The predicted molar refractivity (Wildman–Crippen MR) is 53.8 cm³/mol. The van der Waals surface area contributed by atoms with Gasteiger partial charge in [-0.05, 0) is 23.6 Å². The Balaban J connectivity index is 3.15. The van der Waals surface area contributed by atoms with Gasteiger partial charge in [0, 0.05) is 0 Å². The van der Waals surface area contributed by atoms with Crippen molar-refractivity contribution in [3.05, 3.63) is 29.3 Å². The third-order valence-corrected chi connectivity index (χ3v) is 2.06. The van der Waals surface area contributed by atoms with Crippen LogP contribution in [0.5, 0.6) is 5.75 Å². The van der Waals surface area contributed by atoms with Gasteiger partial charge in [0.25, 0.3) is 5.91 Å². The monoisotopic (exact) mass is 194 g/mol. The average Bonchev–Trinajstić information content (AvgIpc) is 2.17. The number of phenols is 1. The third-order valence-electron chi connectivity index (χ3n) is 2.06. The number of benzene rings is 1. The molecule has 4 heteroatoms. The number of nitrogens with two attached hydrogens (primary N) is 1. The molecule has 14 heavy (non-hydrogen) atoms. The van der Waals surface area contributed by atoms with Crippen molar-refractivity contribution in [2.24, 2.45) is 5.84 Å². The van der Waals surface area contributed by atoms with Gasteiger partial charge in [-0.3, -0.25) is 10.2 Å². The zero-order valence-corrected chi connectivity index (χ0v) is 8.24. The van der Waals surface area contributed by atoms with Crippen LogP contribution in [0.1, 0.15) is 35.7 Å². The maximum atomic E-state index is 11.2. The maximum Gasteiger partial charge on any atom is 0.268 e. The molecule has 1 aromatic rings. The van der Waals surface area contributed by atoms with E-state index >= 15 is 0 Å². The molecule has 0 aliphatic heterocycles. The van der Waals surface area contributed by atoms with Crippen LogP contribution < -0.4 is 11.3 Å². The lowest BCUT2D eigenvalue weighted by Gasteiger charge is -2.08. The van der Waals surface area contributed by atoms with Crippen LogP contribution in [-0.2, 0) is 0 Å². The number of carbonyl (C=O) groups is 1. The summed E-state index contributed by atoms with van der Waals surface area (Å²) in [4.78, 5) is 11.2. The Morgan fingerprint density at radius 2 is 2.14 bits per heavy atom.